The molecule has 28 heavy (non-hydrogen) atoms. The monoisotopic (exact) mass is 392 g/mol. The van der Waals surface area contributed by atoms with Crippen molar-refractivity contribution < 1.29 is 9.47 Å². The molecule has 0 saturated heterocycles. The molecule has 0 saturated carbocycles. The second kappa shape index (κ2) is 6.53. The highest BCUT2D eigenvalue weighted by molar-refractivity contribution is 7.15. The topological polar surface area (TPSA) is 60.7 Å². The molecule has 3 aromatic heterocycles. The zero-order chi connectivity index (χ0) is 19.3. The average molecular weight is 392 g/mol. The van der Waals surface area contributed by atoms with Gasteiger partial charge in [-0.1, -0.05) is 0 Å². The van der Waals surface area contributed by atoms with Gasteiger partial charge in [-0.25, -0.2) is 9.97 Å². The lowest BCUT2D eigenvalue weighted by Crippen LogP contribution is -2.15. The lowest BCUT2D eigenvalue weighted by molar-refractivity contribution is 0.171. The largest absolute Gasteiger partial charge is 0.486 e. The molecule has 1 N–H and O–H groups in total. The Morgan fingerprint density at radius 3 is 2.57 bits per heavy atom. The Kier molecular flexibility index (Phi) is 3.98. The van der Waals surface area contributed by atoms with Gasteiger partial charge in [-0.15, -0.1) is 11.3 Å². The van der Waals surface area contributed by atoms with Crippen molar-refractivity contribution in [2.75, 3.05) is 18.5 Å². The molecule has 0 amide bonds. The first-order chi connectivity index (χ1) is 13.6. The molecule has 0 spiro atoms. The minimum absolute atomic E-state index is 0.564. The molecule has 6 nitrogen and oxygen atoms in total. The highest BCUT2D eigenvalue weighted by Gasteiger charge is 2.19. The van der Waals surface area contributed by atoms with Crippen molar-refractivity contribution >= 4 is 28.6 Å². The predicted molar refractivity (Wildman–Crippen MR) is 111 cm³/mol. The quantitative estimate of drug-likeness (QED) is 0.537. The fourth-order valence-electron chi connectivity index (χ4n) is 3.48. The van der Waals surface area contributed by atoms with Crippen molar-refractivity contribution in [2.24, 2.45) is 0 Å². The normalized spacial score (nSPS) is 13.1. The van der Waals surface area contributed by atoms with Crippen molar-refractivity contribution in [2.45, 2.75) is 20.8 Å². The number of aromatic nitrogens is 3. The van der Waals surface area contributed by atoms with Gasteiger partial charge >= 0.3 is 0 Å². The van der Waals surface area contributed by atoms with E-state index in [1.807, 2.05) is 25.1 Å². The van der Waals surface area contributed by atoms with E-state index in [1.54, 1.807) is 11.3 Å². The van der Waals surface area contributed by atoms with Crippen molar-refractivity contribution in [3.05, 3.63) is 52.7 Å². The van der Waals surface area contributed by atoms with Gasteiger partial charge in [0.2, 0.25) is 5.78 Å². The summed E-state index contributed by atoms with van der Waals surface area (Å²) in [4.78, 5) is 11.8. The van der Waals surface area contributed by atoms with E-state index in [1.165, 1.54) is 4.88 Å². The second-order valence-corrected chi connectivity index (χ2v) is 8.16. The van der Waals surface area contributed by atoms with Crippen LogP contribution in [0, 0.1) is 20.8 Å². The van der Waals surface area contributed by atoms with Gasteiger partial charge in [0, 0.05) is 28.0 Å². The van der Waals surface area contributed by atoms with Crippen molar-refractivity contribution in [3.8, 4) is 22.1 Å². The Hall–Kier alpha value is -3.06. The van der Waals surface area contributed by atoms with Crippen LogP contribution < -0.4 is 14.8 Å². The van der Waals surface area contributed by atoms with E-state index in [2.05, 4.69) is 46.7 Å². The number of nitrogens with one attached hydrogen (secondary N) is 1. The average Bonchev–Trinajstić information content (AvgIpc) is 3.25. The third-order valence-corrected chi connectivity index (χ3v) is 5.69. The number of aryl methyl sites for hydroxylation is 3. The molecule has 4 aromatic rings. The molecule has 0 aliphatic carbocycles. The molecule has 1 aromatic carbocycles. The molecule has 1 aliphatic rings. The molecule has 0 bridgehead atoms. The van der Waals surface area contributed by atoms with Gasteiger partial charge in [-0.05, 0) is 51.1 Å². The third-order valence-electron chi connectivity index (χ3n) is 4.69. The Balaban J connectivity index is 1.66. The molecular weight excluding hydrogens is 372 g/mol. The van der Waals surface area contributed by atoms with Crippen LogP contribution in [0.2, 0.25) is 0 Å². The summed E-state index contributed by atoms with van der Waals surface area (Å²) in [6, 6.07) is 12.2. The summed E-state index contributed by atoms with van der Waals surface area (Å²) >= 11 is 1.73. The maximum Gasteiger partial charge on any atom is 0.236 e. The summed E-state index contributed by atoms with van der Waals surface area (Å²) in [5, 5.41) is 3.55. The van der Waals surface area contributed by atoms with Gasteiger partial charge in [-0.2, -0.15) is 0 Å². The number of nitrogens with zero attached hydrogens (tertiary/aromatic N) is 3. The summed E-state index contributed by atoms with van der Waals surface area (Å²) in [7, 11) is 0. The van der Waals surface area contributed by atoms with Crippen LogP contribution in [0.15, 0.2) is 36.4 Å². The van der Waals surface area contributed by atoms with Crippen LogP contribution in [-0.2, 0) is 0 Å². The maximum absolute atomic E-state index is 5.73. The Morgan fingerprint density at radius 2 is 1.79 bits per heavy atom. The van der Waals surface area contributed by atoms with E-state index in [-0.39, 0.29) is 0 Å². The predicted octanol–water partition coefficient (Wildman–Crippen LogP) is 4.90. The highest BCUT2D eigenvalue weighted by Crippen LogP contribution is 2.38. The summed E-state index contributed by atoms with van der Waals surface area (Å²) in [5.74, 6) is 3.12. The summed E-state index contributed by atoms with van der Waals surface area (Å²) in [5.41, 5.74) is 3.85. The smallest absolute Gasteiger partial charge is 0.236 e. The van der Waals surface area contributed by atoms with E-state index < -0.39 is 0 Å². The summed E-state index contributed by atoms with van der Waals surface area (Å²) in [6.45, 7) is 7.31. The van der Waals surface area contributed by atoms with E-state index in [9.17, 15) is 0 Å². The van der Waals surface area contributed by atoms with E-state index in [4.69, 9.17) is 14.5 Å². The van der Waals surface area contributed by atoms with Gasteiger partial charge in [0.15, 0.2) is 11.5 Å². The number of anilines is 2. The molecule has 4 heterocycles. The van der Waals surface area contributed by atoms with Gasteiger partial charge in [-0.3, -0.25) is 4.40 Å². The number of fused-ring (bicyclic) bond motifs is 2. The van der Waals surface area contributed by atoms with Crippen LogP contribution in [0.25, 0.3) is 16.3 Å². The van der Waals surface area contributed by atoms with Gasteiger partial charge < -0.3 is 14.8 Å². The highest BCUT2D eigenvalue weighted by atomic mass is 32.1. The SMILES string of the molecule is Cc1cc(C)n2c(Nc3ccc4c(c3)OCCO4)c(-c3ccc(C)s3)nc2n1. The Bertz CT molecular complexity index is 1190. The number of ether oxygens (including phenoxy) is 2. The molecule has 0 atom stereocenters. The molecule has 0 unspecified atom stereocenters. The van der Waals surface area contributed by atoms with Crippen LogP contribution in [0.5, 0.6) is 11.5 Å². The van der Waals surface area contributed by atoms with Crippen molar-refractivity contribution in [1.29, 1.82) is 0 Å². The number of benzene rings is 1. The van der Waals surface area contributed by atoms with Gasteiger partial charge in [0.25, 0.3) is 0 Å². The first-order valence-corrected chi connectivity index (χ1v) is 10.0. The van der Waals surface area contributed by atoms with Crippen molar-refractivity contribution in [3.63, 3.8) is 0 Å². The van der Waals surface area contributed by atoms with Crippen LogP contribution >= 0.6 is 11.3 Å². The number of thiophene rings is 1. The zero-order valence-electron chi connectivity index (χ0n) is 15.9. The zero-order valence-corrected chi connectivity index (χ0v) is 16.8. The van der Waals surface area contributed by atoms with E-state index in [0.29, 0.717) is 19.0 Å². The standard InChI is InChI=1S/C21H20N4O2S/c1-12-10-13(2)25-20(19(24-21(25)22-12)18-7-4-14(3)28-18)23-15-5-6-16-17(11-15)27-9-8-26-16/h4-7,10-11,23H,8-9H2,1-3H3. The third kappa shape index (κ3) is 2.88. The first kappa shape index (κ1) is 17.1. The molecule has 142 valence electrons. The van der Waals surface area contributed by atoms with Crippen LogP contribution in [0.4, 0.5) is 11.5 Å². The summed E-state index contributed by atoms with van der Waals surface area (Å²) < 4.78 is 13.4. The lowest BCUT2D eigenvalue weighted by atomic mass is 10.2. The van der Waals surface area contributed by atoms with Crippen LogP contribution in [0.3, 0.4) is 0 Å². The van der Waals surface area contributed by atoms with Crippen LogP contribution in [-0.4, -0.2) is 27.6 Å². The van der Waals surface area contributed by atoms with Gasteiger partial charge in [0.1, 0.15) is 24.7 Å². The summed E-state index contributed by atoms with van der Waals surface area (Å²) in [6.07, 6.45) is 0. The van der Waals surface area contributed by atoms with E-state index in [0.717, 1.165) is 45.0 Å². The molecule has 0 fully saturated rings. The van der Waals surface area contributed by atoms with Gasteiger partial charge in [0.05, 0.1) is 4.88 Å². The van der Waals surface area contributed by atoms with Crippen LogP contribution in [0.1, 0.15) is 16.3 Å². The number of imidazole rings is 1. The number of hydrogen-bond donors (Lipinski definition) is 1. The van der Waals surface area contributed by atoms with Crippen molar-refractivity contribution in [1.82, 2.24) is 14.4 Å². The molecule has 1 aliphatic heterocycles. The lowest BCUT2D eigenvalue weighted by Gasteiger charge is -2.19. The minimum Gasteiger partial charge on any atom is -0.486 e. The molecule has 7 heteroatoms. The fraction of sp³-hybridized carbons (Fsp3) is 0.238. The molecule has 0 radical (unpaired) electrons. The number of hydrogen-bond acceptors (Lipinski definition) is 6. The first-order valence-electron chi connectivity index (χ1n) is 9.19. The fourth-order valence-corrected chi connectivity index (χ4v) is 4.34. The van der Waals surface area contributed by atoms with E-state index >= 15 is 0 Å². The number of rotatable bonds is 3. The minimum atomic E-state index is 0.564. The maximum atomic E-state index is 5.73. The Labute approximate surface area is 166 Å². The Morgan fingerprint density at radius 1 is 0.964 bits per heavy atom. The molecular formula is C21H20N4O2S. The second-order valence-electron chi connectivity index (χ2n) is 6.88. The molecule has 5 rings (SSSR count).